The summed E-state index contributed by atoms with van der Waals surface area (Å²) in [5.41, 5.74) is 10.6. The summed E-state index contributed by atoms with van der Waals surface area (Å²) in [4.78, 5) is 2.52. The van der Waals surface area contributed by atoms with Gasteiger partial charge in [-0.25, -0.2) is 0 Å². The zero-order chi connectivity index (χ0) is 12.5. The molecule has 0 aromatic heterocycles. The van der Waals surface area contributed by atoms with Crippen LogP contribution in [-0.2, 0) is 12.8 Å². The summed E-state index contributed by atoms with van der Waals surface area (Å²) in [6, 6.07) is 7.42. The molecule has 1 heterocycles. The average molecular weight is 244 g/mol. The summed E-state index contributed by atoms with van der Waals surface area (Å²) in [6.07, 6.45) is 6.52. The maximum Gasteiger partial charge on any atom is 0.0369 e. The van der Waals surface area contributed by atoms with Crippen molar-refractivity contribution in [2.24, 2.45) is 11.7 Å². The molecule has 1 fully saturated rings. The van der Waals surface area contributed by atoms with Crippen molar-refractivity contribution in [3.8, 4) is 0 Å². The SMILES string of the molecule is CC(N)C1CCN(c2ccc3c(c2)CCCC3)C1. The van der Waals surface area contributed by atoms with Gasteiger partial charge in [0.25, 0.3) is 0 Å². The molecule has 0 amide bonds. The Morgan fingerprint density at radius 3 is 2.72 bits per heavy atom. The Morgan fingerprint density at radius 2 is 2.00 bits per heavy atom. The zero-order valence-corrected chi connectivity index (χ0v) is 11.4. The summed E-state index contributed by atoms with van der Waals surface area (Å²) in [5.74, 6) is 0.668. The summed E-state index contributed by atoms with van der Waals surface area (Å²) >= 11 is 0. The first-order chi connectivity index (χ1) is 8.74. The van der Waals surface area contributed by atoms with Crippen LogP contribution in [0.25, 0.3) is 0 Å². The first kappa shape index (κ1) is 12.0. The van der Waals surface area contributed by atoms with Gasteiger partial charge in [-0.15, -0.1) is 0 Å². The Balaban J connectivity index is 1.77. The summed E-state index contributed by atoms with van der Waals surface area (Å²) in [7, 11) is 0. The molecule has 2 nitrogen and oxygen atoms in total. The number of benzene rings is 1. The van der Waals surface area contributed by atoms with Gasteiger partial charge >= 0.3 is 0 Å². The van der Waals surface area contributed by atoms with Crippen LogP contribution in [0.15, 0.2) is 18.2 Å². The highest BCUT2D eigenvalue weighted by Gasteiger charge is 2.25. The predicted molar refractivity (Wildman–Crippen MR) is 77.1 cm³/mol. The van der Waals surface area contributed by atoms with Gasteiger partial charge in [-0.1, -0.05) is 6.07 Å². The van der Waals surface area contributed by atoms with Crippen molar-refractivity contribution in [2.45, 2.75) is 45.1 Å². The van der Waals surface area contributed by atoms with Crippen LogP contribution < -0.4 is 10.6 Å². The van der Waals surface area contributed by atoms with Crippen molar-refractivity contribution in [2.75, 3.05) is 18.0 Å². The highest BCUT2D eigenvalue weighted by molar-refractivity contribution is 5.52. The van der Waals surface area contributed by atoms with Crippen LogP contribution >= 0.6 is 0 Å². The lowest BCUT2D eigenvalue weighted by atomic mass is 9.91. The molecule has 2 atom stereocenters. The lowest BCUT2D eigenvalue weighted by molar-refractivity contribution is 0.488. The van der Waals surface area contributed by atoms with Gasteiger partial charge in [0.1, 0.15) is 0 Å². The maximum atomic E-state index is 6.02. The van der Waals surface area contributed by atoms with E-state index in [9.17, 15) is 0 Å². The Bertz CT molecular complexity index is 425. The van der Waals surface area contributed by atoms with Gasteiger partial charge in [0.15, 0.2) is 0 Å². The van der Waals surface area contributed by atoms with E-state index in [0.717, 1.165) is 6.54 Å². The predicted octanol–water partition coefficient (Wildman–Crippen LogP) is 2.74. The van der Waals surface area contributed by atoms with Gasteiger partial charge in [0.05, 0.1) is 0 Å². The molecule has 0 saturated carbocycles. The molecule has 3 rings (SSSR count). The molecule has 1 aromatic rings. The monoisotopic (exact) mass is 244 g/mol. The summed E-state index contributed by atoms with van der Waals surface area (Å²) in [6.45, 7) is 4.45. The Labute approximate surface area is 110 Å². The quantitative estimate of drug-likeness (QED) is 0.866. The largest absolute Gasteiger partial charge is 0.371 e. The van der Waals surface area contributed by atoms with Crippen LogP contribution in [0.2, 0.25) is 0 Å². The van der Waals surface area contributed by atoms with E-state index in [-0.39, 0.29) is 0 Å². The molecule has 1 aromatic carbocycles. The van der Waals surface area contributed by atoms with Crippen molar-refractivity contribution in [1.82, 2.24) is 0 Å². The van der Waals surface area contributed by atoms with Crippen molar-refractivity contribution < 1.29 is 0 Å². The first-order valence-electron chi connectivity index (χ1n) is 7.36. The lowest BCUT2D eigenvalue weighted by Crippen LogP contribution is -2.29. The van der Waals surface area contributed by atoms with Crippen molar-refractivity contribution >= 4 is 5.69 Å². The van der Waals surface area contributed by atoms with Crippen LogP contribution in [-0.4, -0.2) is 19.1 Å². The van der Waals surface area contributed by atoms with Crippen LogP contribution in [0.1, 0.15) is 37.3 Å². The fourth-order valence-electron chi connectivity index (χ4n) is 3.37. The third-order valence-electron chi connectivity index (χ3n) is 4.67. The van der Waals surface area contributed by atoms with Crippen LogP contribution in [0, 0.1) is 5.92 Å². The van der Waals surface area contributed by atoms with Gasteiger partial charge in [-0.05, 0) is 68.2 Å². The minimum Gasteiger partial charge on any atom is -0.371 e. The van der Waals surface area contributed by atoms with E-state index in [4.69, 9.17) is 5.73 Å². The van der Waals surface area contributed by atoms with Gasteiger partial charge in [0, 0.05) is 24.8 Å². The standard InChI is InChI=1S/C16H24N2/c1-12(17)15-8-9-18(11-15)16-7-6-13-4-2-3-5-14(13)10-16/h6-7,10,12,15H,2-5,8-9,11,17H2,1H3. The topological polar surface area (TPSA) is 29.3 Å². The molecule has 2 N–H and O–H groups in total. The molecule has 0 spiro atoms. The molecule has 1 aliphatic heterocycles. The molecule has 2 unspecified atom stereocenters. The molecule has 18 heavy (non-hydrogen) atoms. The number of nitrogens with two attached hydrogens (primary N) is 1. The lowest BCUT2D eigenvalue weighted by Gasteiger charge is -2.23. The van der Waals surface area contributed by atoms with Crippen molar-refractivity contribution in [1.29, 1.82) is 0 Å². The van der Waals surface area contributed by atoms with E-state index in [1.54, 1.807) is 11.1 Å². The number of aryl methyl sites for hydroxylation is 2. The third kappa shape index (κ3) is 2.26. The maximum absolute atomic E-state index is 6.02. The van der Waals surface area contributed by atoms with Crippen molar-refractivity contribution in [3.63, 3.8) is 0 Å². The molecule has 98 valence electrons. The van der Waals surface area contributed by atoms with Gasteiger partial charge < -0.3 is 10.6 Å². The average Bonchev–Trinajstić information content (AvgIpc) is 2.88. The van der Waals surface area contributed by atoms with Gasteiger partial charge in [-0.2, -0.15) is 0 Å². The molecular formula is C16H24N2. The van der Waals surface area contributed by atoms with Crippen molar-refractivity contribution in [3.05, 3.63) is 29.3 Å². The van der Waals surface area contributed by atoms with E-state index in [2.05, 4.69) is 30.0 Å². The molecule has 0 radical (unpaired) electrons. The minimum absolute atomic E-state index is 0.327. The van der Waals surface area contributed by atoms with E-state index in [1.807, 2.05) is 0 Å². The second kappa shape index (κ2) is 4.93. The summed E-state index contributed by atoms with van der Waals surface area (Å²) in [5, 5.41) is 0. The number of hydrogen-bond acceptors (Lipinski definition) is 2. The Hall–Kier alpha value is -1.02. The minimum atomic E-state index is 0.327. The smallest absolute Gasteiger partial charge is 0.0369 e. The molecule has 1 aliphatic carbocycles. The number of rotatable bonds is 2. The number of fused-ring (bicyclic) bond motifs is 1. The second-order valence-electron chi connectivity index (χ2n) is 6.01. The number of anilines is 1. The molecule has 0 bridgehead atoms. The second-order valence-corrected chi connectivity index (χ2v) is 6.01. The van der Waals surface area contributed by atoms with Crippen LogP contribution in [0.3, 0.4) is 0 Å². The fourth-order valence-corrected chi connectivity index (χ4v) is 3.37. The zero-order valence-electron chi connectivity index (χ0n) is 11.4. The number of hydrogen-bond donors (Lipinski definition) is 1. The molecule has 2 heteroatoms. The normalized spacial score (nSPS) is 25.0. The fraction of sp³-hybridized carbons (Fsp3) is 0.625. The van der Waals surface area contributed by atoms with Crippen LogP contribution in [0.4, 0.5) is 5.69 Å². The molecule has 2 aliphatic rings. The highest BCUT2D eigenvalue weighted by Crippen LogP contribution is 2.29. The van der Waals surface area contributed by atoms with Gasteiger partial charge in [0.2, 0.25) is 0 Å². The Morgan fingerprint density at radius 1 is 1.22 bits per heavy atom. The van der Waals surface area contributed by atoms with E-state index in [0.29, 0.717) is 12.0 Å². The third-order valence-corrected chi connectivity index (χ3v) is 4.67. The number of nitrogens with zero attached hydrogens (tertiary/aromatic N) is 1. The van der Waals surface area contributed by atoms with E-state index in [1.165, 1.54) is 44.3 Å². The summed E-state index contributed by atoms with van der Waals surface area (Å²) < 4.78 is 0. The Kier molecular flexibility index (Phi) is 3.29. The molecular weight excluding hydrogens is 220 g/mol. The van der Waals surface area contributed by atoms with E-state index >= 15 is 0 Å². The van der Waals surface area contributed by atoms with Crippen LogP contribution in [0.5, 0.6) is 0 Å². The highest BCUT2D eigenvalue weighted by atomic mass is 15.2. The van der Waals surface area contributed by atoms with Gasteiger partial charge in [-0.3, -0.25) is 0 Å². The first-order valence-corrected chi connectivity index (χ1v) is 7.36. The van der Waals surface area contributed by atoms with E-state index < -0.39 is 0 Å². The molecule has 1 saturated heterocycles.